The Morgan fingerprint density at radius 1 is 0.679 bits per heavy atom. The second kappa shape index (κ2) is 11.3. The third kappa shape index (κ3) is 5.62. The molecule has 0 unspecified atom stereocenters. The van der Waals surface area contributed by atoms with Crippen molar-refractivity contribution in [1.29, 1.82) is 0 Å². The first-order chi connectivity index (χ1) is 13.8. The van der Waals surface area contributed by atoms with Gasteiger partial charge in [-0.1, -0.05) is 51.7 Å². The predicted octanol–water partition coefficient (Wildman–Crippen LogP) is 8.28. The Labute approximate surface area is 177 Å². The van der Waals surface area contributed by atoms with Gasteiger partial charge in [-0.05, 0) is 47.9 Å². The molecule has 0 saturated heterocycles. The van der Waals surface area contributed by atoms with Crippen LogP contribution in [0.2, 0.25) is 0 Å². The second-order valence-corrected chi connectivity index (χ2v) is 8.81. The molecular weight excluding hydrogens is 384 g/mol. The molecule has 150 valence electrons. The predicted molar refractivity (Wildman–Crippen MR) is 123 cm³/mol. The van der Waals surface area contributed by atoms with E-state index >= 15 is 0 Å². The van der Waals surface area contributed by atoms with Gasteiger partial charge in [0.25, 0.3) is 0 Å². The maximum atomic E-state index is 6.26. The zero-order valence-corrected chi connectivity index (χ0v) is 18.5. The lowest BCUT2D eigenvalue weighted by atomic mass is 10.1. The Hall–Kier alpha value is -1.78. The molecule has 1 aromatic carbocycles. The average Bonchev–Trinajstić information content (AvgIpc) is 3.43. The van der Waals surface area contributed by atoms with Crippen LogP contribution in [0.5, 0.6) is 11.5 Å². The van der Waals surface area contributed by atoms with E-state index in [0.717, 1.165) is 48.7 Å². The summed E-state index contributed by atoms with van der Waals surface area (Å²) < 4.78 is 12.5. The fourth-order valence-electron chi connectivity index (χ4n) is 3.12. The van der Waals surface area contributed by atoms with Crippen LogP contribution in [0.4, 0.5) is 0 Å². The summed E-state index contributed by atoms with van der Waals surface area (Å²) in [5, 5.41) is 4.23. The fraction of sp³-hybridized carbons (Fsp3) is 0.417. The van der Waals surface area contributed by atoms with Gasteiger partial charge in [0.15, 0.2) is 0 Å². The highest BCUT2D eigenvalue weighted by Crippen LogP contribution is 2.43. The topological polar surface area (TPSA) is 18.5 Å². The zero-order chi connectivity index (χ0) is 19.6. The molecule has 3 rings (SSSR count). The van der Waals surface area contributed by atoms with Crippen molar-refractivity contribution in [3.05, 3.63) is 47.2 Å². The van der Waals surface area contributed by atoms with Crippen LogP contribution >= 0.6 is 22.7 Å². The summed E-state index contributed by atoms with van der Waals surface area (Å²) in [4.78, 5) is 2.45. The van der Waals surface area contributed by atoms with E-state index in [4.69, 9.17) is 9.47 Å². The lowest BCUT2D eigenvalue weighted by Crippen LogP contribution is -2.02. The standard InChI is InChI=1S/C24H30O2S2/c1-3-5-7-13-25-21-17-20(24-12-10-16-28-24)22(26-14-8-6-4-2)18-19(21)23-11-9-15-27-23/h9-12,15-18H,3-8,13-14H2,1-2H3. The Kier molecular flexibility index (Phi) is 8.43. The zero-order valence-electron chi connectivity index (χ0n) is 16.9. The van der Waals surface area contributed by atoms with Crippen LogP contribution in [-0.4, -0.2) is 13.2 Å². The number of ether oxygens (including phenoxy) is 2. The van der Waals surface area contributed by atoms with Crippen molar-refractivity contribution in [1.82, 2.24) is 0 Å². The third-order valence-corrected chi connectivity index (χ3v) is 6.47. The van der Waals surface area contributed by atoms with Crippen molar-refractivity contribution in [3.63, 3.8) is 0 Å². The molecule has 0 aliphatic rings. The molecule has 0 N–H and O–H groups in total. The molecule has 0 spiro atoms. The van der Waals surface area contributed by atoms with E-state index < -0.39 is 0 Å². The lowest BCUT2D eigenvalue weighted by molar-refractivity contribution is 0.300. The van der Waals surface area contributed by atoms with Crippen molar-refractivity contribution in [3.8, 4) is 32.4 Å². The molecule has 2 heterocycles. The number of hydrogen-bond donors (Lipinski definition) is 0. The van der Waals surface area contributed by atoms with Crippen molar-refractivity contribution >= 4 is 22.7 Å². The van der Waals surface area contributed by atoms with Gasteiger partial charge in [-0.2, -0.15) is 0 Å². The van der Waals surface area contributed by atoms with Crippen LogP contribution in [0.15, 0.2) is 47.2 Å². The van der Waals surface area contributed by atoms with Gasteiger partial charge in [-0.3, -0.25) is 0 Å². The van der Waals surface area contributed by atoms with Crippen LogP contribution in [0.1, 0.15) is 52.4 Å². The molecule has 2 aromatic heterocycles. The third-order valence-electron chi connectivity index (χ3n) is 4.67. The minimum Gasteiger partial charge on any atom is -0.493 e. The summed E-state index contributed by atoms with van der Waals surface area (Å²) in [5.41, 5.74) is 2.27. The Morgan fingerprint density at radius 3 is 1.50 bits per heavy atom. The number of unbranched alkanes of at least 4 members (excludes halogenated alkanes) is 4. The second-order valence-electron chi connectivity index (χ2n) is 6.91. The molecule has 2 nitrogen and oxygen atoms in total. The fourth-order valence-corrected chi connectivity index (χ4v) is 4.61. The van der Waals surface area contributed by atoms with E-state index in [1.54, 1.807) is 22.7 Å². The number of rotatable bonds is 12. The van der Waals surface area contributed by atoms with Crippen LogP contribution in [0.3, 0.4) is 0 Å². The van der Waals surface area contributed by atoms with Gasteiger partial charge >= 0.3 is 0 Å². The average molecular weight is 415 g/mol. The summed E-state index contributed by atoms with van der Waals surface area (Å²) in [6.45, 7) is 5.95. The first-order valence-corrected chi connectivity index (χ1v) is 12.1. The minimum atomic E-state index is 0.757. The van der Waals surface area contributed by atoms with E-state index in [1.807, 2.05) is 0 Å². The SMILES string of the molecule is CCCCCOc1cc(-c2cccs2)c(OCCCCC)cc1-c1cccs1. The van der Waals surface area contributed by atoms with Crippen LogP contribution in [0, 0.1) is 0 Å². The van der Waals surface area contributed by atoms with Gasteiger partial charge in [0, 0.05) is 20.9 Å². The molecule has 0 radical (unpaired) electrons. The molecule has 28 heavy (non-hydrogen) atoms. The Morgan fingerprint density at radius 2 is 1.14 bits per heavy atom. The van der Waals surface area contributed by atoms with Crippen molar-refractivity contribution in [2.75, 3.05) is 13.2 Å². The Balaban J connectivity index is 1.94. The molecule has 3 aromatic rings. The quantitative estimate of drug-likeness (QED) is 0.278. The molecule has 0 bridgehead atoms. The van der Waals surface area contributed by atoms with Crippen molar-refractivity contribution < 1.29 is 9.47 Å². The van der Waals surface area contributed by atoms with Crippen LogP contribution < -0.4 is 9.47 Å². The Bertz CT molecular complexity index is 738. The highest BCUT2D eigenvalue weighted by molar-refractivity contribution is 7.14. The largest absolute Gasteiger partial charge is 0.493 e. The van der Waals surface area contributed by atoms with Crippen LogP contribution in [0.25, 0.3) is 20.9 Å². The molecule has 0 fully saturated rings. The van der Waals surface area contributed by atoms with Crippen molar-refractivity contribution in [2.24, 2.45) is 0 Å². The van der Waals surface area contributed by atoms with Gasteiger partial charge in [-0.15, -0.1) is 22.7 Å². The number of hydrogen-bond acceptors (Lipinski definition) is 4. The smallest absolute Gasteiger partial charge is 0.128 e. The van der Waals surface area contributed by atoms with Gasteiger partial charge < -0.3 is 9.47 Å². The molecule has 0 atom stereocenters. The van der Waals surface area contributed by atoms with Crippen molar-refractivity contribution in [2.45, 2.75) is 52.4 Å². The van der Waals surface area contributed by atoms with Crippen LogP contribution in [-0.2, 0) is 0 Å². The molecule has 0 aliphatic carbocycles. The first kappa shape index (κ1) is 20.9. The number of thiophene rings is 2. The first-order valence-electron chi connectivity index (χ1n) is 10.3. The van der Waals surface area contributed by atoms with E-state index in [1.165, 1.54) is 35.4 Å². The molecule has 4 heteroatoms. The summed E-state index contributed by atoms with van der Waals surface area (Å²) >= 11 is 3.49. The summed E-state index contributed by atoms with van der Waals surface area (Å²) in [7, 11) is 0. The highest BCUT2D eigenvalue weighted by atomic mass is 32.1. The molecule has 0 aliphatic heterocycles. The maximum absolute atomic E-state index is 6.26. The summed E-state index contributed by atoms with van der Waals surface area (Å²) in [6, 6.07) is 12.9. The minimum absolute atomic E-state index is 0.757. The lowest BCUT2D eigenvalue weighted by Gasteiger charge is -2.17. The van der Waals surface area contributed by atoms with E-state index in [9.17, 15) is 0 Å². The monoisotopic (exact) mass is 414 g/mol. The van der Waals surface area contributed by atoms with Gasteiger partial charge in [0.1, 0.15) is 11.5 Å². The molecular formula is C24H30O2S2. The van der Waals surface area contributed by atoms with E-state index in [2.05, 4.69) is 61.0 Å². The van der Waals surface area contributed by atoms with E-state index in [-0.39, 0.29) is 0 Å². The van der Waals surface area contributed by atoms with E-state index in [0.29, 0.717) is 0 Å². The van der Waals surface area contributed by atoms with Gasteiger partial charge in [0.2, 0.25) is 0 Å². The summed E-state index contributed by atoms with van der Waals surface area (Å²) in [5.74, 6) is 1.92. The van der Waals surface area contributed by atoms with Gasteiger partial charge in [0.05, 0.1) is 13.2 Å². The normalized spacial score (nSPS) is 10.9. The maximum Gasteiger partial charge on any atom is 0.128 e. The molecule has 0 amide bonds. The number of benzene rings is 1. The van der Waals surface area contributed by atoms with Gasteiger partial charge in [-0.25, -0.2) is 0 Å². The summed E-state index contributed by atoms with van der Waals surface area (Å²) in [6.07, 6.45) is 6.97. The highest BCUT2D eigenvalue weighted by Gasteiger charge is 2.16. The molecule has 0 saturated carbocycles.